The van der Waals surface area contributed by atoms with Crippen molar-refractivity contribution in [2.45, 2.75) is 25.7 Å². The highest BCUT2D eigenvalue weighted by molar-refractivity contribution is 5.95. The van der Waals surface area contributed by atoms with Gasteiger partial charge in [0, 0.05) is 12.4 Å². The second kappa shape index (κ2) is 3.21. The second-order valence-corrected chi connectivity index (χ2v) is 4.72. The molecule has 1 aromatic heterocycles. The van der Waals surface area contributed by atoms with E-state index >= 15 is 0 Å². The van der Waals surface area contributed by atoms with Crippen molar-refractivity contribution in [2.24, 2.45) is 7.05 Å². The van der Waals surface area contributed by atoms with E-state index < -0.39 is 0 Å². The van der Waals surface area contributed by atoms with Gasteiger partial charge >= 0.3 is 0 Å². The minimum absolute atomic E-state index is 0.616. The van der Waals surface area contributed by atoms with Gasteiger partial charge in [-0.05, 0) is 36.8 Å². The highest BCUT2D eigenvalue weighted by Gasteiger charge is 2.30. The van der Waals surface area contributed by atoms with Crippen LogP contribution in [0.5, 0.6) is 0 Å². The molecule has 0 radical (unpaired) electrons. The molecule has 2 heteroatoms. The van der Waals surface area contributed by atoms with E-state index in [9.17, 15) is 4.79 Å². The minimum atomic E-state index is 0.616. The summed E-state index contributed by atoms with van der Waals surface area (Å²) in [7, 11) is 1.99. The monoisotopic (exact) mass is 213 g/mol. The molecule has 0 atom stereocenters. The zero-order valence-corrected chi connectivity index (χ0v) is 9.66. The van der Waals surface area contributed by atoms with Crippen LogP contribution in [0.3, 0.4) is 0 Å². The van der Waals surface area contributed by atoms with Gasteiger partial charge < -0.3 is 4.57 Å². The predicted molar refractivity (Wildman–Crippen MR) is 65.0 cm³/mol. The maximum Gasteiger partial charge on any atom is 0.166 e. The van der Waals surface area contributed by atoms with E-state index in [1.165, 1.54) is 34.9 Å². The van der Waals surface area contributed by atoms with Crippen LogP contribution in [-0.4, -0.2) is 10.9 Å². The van der Waals surface area contributed by atoms with E-state index in [1.54, 1.807) is 0 Å². The van der Waals surface area contributed by atoms with Crippen LogP contribution in [0, 0.1) is 6.92 Å². The highest BCUT2D eigenvalue weighted by atomic mass is 16.1. The third-order valence-corrected chi connectivity index (χ3v) is 3.60. The average molecular weight is 213 g/mol. The number of rotatable bonds is 2. The molecule has 0 unspecified atom stereocenters. The van der Waals surface area contributed by atoms with Gasteiger partial charge in [-0.15, -0.1) is 0 Å². The Labute approximate surface area is 94.9 Å². The van der Waals surface area contributed by atoms with Gasteiger partial charge in [0.2, 0.25) is 0 Å². The lowest BCUT2D eigenvalue weighted by molar-refractivity contribution is 0.111. The first kappa shape index (κ1) is 9.64. The quantitative estimate of drug-likeness (QED) is 0.702. The number of para-hydroxylation sites is 1. The predicted octanol–water partition coefficient (Wildman–Crippen LogP) is 3.18. The molecule has 1 heterocycles. The van der Waals surface area contributed by atoms with Crippen LogP contribution in [0.25, 0.3) is 10.9 Å². The molecule has 1 saturated carbocycles. The van der Waals surface area contributed by atoms with Crippen LogP contribution in [0.1, 0.15) is 40.4 Å². The van der Waals surface area contributed by atoms with Crippen molar-refractivity contribution in [1.29, 1.82) is 0 Å². The first-order chi connectivity index (χ1) is 7.74. The number of carbonyl (C=O) groups excluding carboxylic acids is 1. The fourth-order valence-electron chi connectivity index (χ4n) is 2.70. The number of benzene rings is 1. The van der Waals surface area contributed by atoms with E-state index in [2.05, 4.69) is 25.1 Å². The molecule has 1 aromatic carbocycles. The lowest BCUT2D eigenvalue weighted by Crippen LogP contribution is -1.97. The van der Waals surface area contributed by atoms with Gasteiger partial charge in [0.1, 0.15) is 0 Å². The normalized spacial score (nSPS) is 15.6. The summed E-state index contributed by atoms with van der Waals surface area (Å²) < 4.78 is 2.05. The van der Waals surface area contributed by atoms with Crippen LogP contribution < -0.4 is 0 Å². The number of hydrogen-bond donors (Lipinski definition) is 0. The van der Waals surface area contributed by atoms with Gasteiger partial charge in [-0.25, -0.2) is 0 Å². The Balaban J connectivity index is 2.45. The number of fused-ring (bicyclic) bond motifs is 1. The first-order valence-electron chi connectivity index (χ1n) is 5.77. The molecule has 3 rings (SSSR count). The largest absolute Gasteiger partial charge is 0.341 e. The zero-order valence-electron chi connectivity index (χ0n) is 9.66. The third kappa shape index (κ3) is 1.16. The van der Waals surface area contributed by atoms with Crippen LogP contribution in [0.2, 0.25) is 0 Å². The molecule has 16 heavy (non-hydrogen) atoms. The standard InChI is InChI=1S/C14H15NO/c1-9-4-3-5-11-13(10-6-7-10)12(8-16)15(2)14(9)11/h3-5,8,10H,6-7H2,1-2H3. The molecule has 1 aliphatic rings. The zero-order chi connectivity index (χ0) is 11.3. The number of hydrogen-bond acceptors (Lipinski definition) is 1. The summed E-state index contributed by atoms with van der Waals surface area (Å²) in [6.45, 7) is 2.10. The minimum Gasteiger partial charge on any atom is -0.341 e. The van der Waals surface area contributed by atoms with E-state index in [1.807, 2.05) is 11.6 Å². The fourth-order valence-corrected chi connectivity index (χ4v) is 2.70. The van der Waals surface area contributed by atoms with Gasteiger partial charge in [0.05, 0.1) is 11.2 Å². The van der Waals surface area contributed by atoms with Crippen molar-refractivity contribution in [3.63, 3.8) is 0 Å². The topological polar surface area (TPSA) is 22.0 Å². The Morgan fingerprint density at radius 1 is 1.38 bits per heavy atom. The van der Waals surface area contributed by atoms with Gasteiger partial charge in [-0.2, -0.15) is 0 Å². The molecule has 0 bridgehead atoms. The lowest BCUT2D eigenvalue weighted by atomic mass is 10.0. The maximum atomic E-state index is 11.2. The molecule has 2 nitrogen and oxygen atoms in total. The Kier molecular flexibility index (Phi) is 1.93. The van der Waals surface area contributed by atoms with E-state index in [0.717, 1.165) is 12.0 Å². The lowest BCUT2D eigenvalue weighted by Gasteiger charge is -2.00. The summed E-state index contributed by atoms with van der Waals surface area (Å²) >= 11 is 0. The molecule has 0 N–H and O–H groups in total. The SMILES string of the molecule is Cc1cccc2c(C3CC3)c(C=O)n(C)c12. The Hall–Kier alpha value is -1.57. The Morgan fingerprint density at radius 2 is 2.12 bits per heavy atom. The first-order valence-corrected chi connectivity index (χ1v) is 5.77. The maximum absolute atomic E-state index is 11.2. The van der Waals surface area contributed by atoms with Gasteiger partial charge in [-0.3, -0.25) is 4.79 Å². The van der Waals surface area contributed by atoms with Crippen LogP contribution in [-0.2, 0) is 7.05 Å². The van der Waals surface area contributed by atoms with Crippen molar-refractivity contribution >= 4 is 17.2 Å². The van der Waals surface area contributed by atoms with E-state index in [0.29, 0.717) is 5.92 Å². The van der Waals surface area contributed by atoms with Crippen molar-refractivity contribution in [3.05, 3.63) is 35.0 Å². The van der Waals surface area contributed by atoms with Crippen LogP contribution in [0.4, 0.5) is 0 Å². The summed E-state index contributed by atoms with van der Waals surface area (Å²) in [5.74, 6) is 0.616. The Morgan fingerprint density at radius 3 is 2.75 bits per heavy atom. The van der Waals surface area contributed by atoms with Crippen molar-refractivity contribution in [3.8, 4) is 0 Å². The summed E-state index contributed by atoms with van der Waals surface area (Å²) in [6.07, 6.45) is 3.47. The smallest absolute Gasteiger partial charge is 0.166 e. The number of aryl methyl sites for hydroxylation is 2. The summed E-state index contributed by atoms with van der Waals surface area (Å²) in [5, 5.41) is 1.27. The van der Waals surface area contributed by atoms with Crippen molar-refractivity contribution in [1.82, 2.24) is 4.57 Å². The van der Waals surface area contributed by atoms with Gasteiger partial charge in [-0.1, -0.05) is 18.2 Å². The Bertz CT molecular complexity index is 576. The van der Waals surface area contributed by atoms with Crippen LogP contribution >= 0.6 is 0 Å². The molecule has 0 amide bonds. The summed E-state index contributed by atoms with van der Waals surface area (Å²) in [5.41, 5.74) is 4.60. The highest BCUT2D eigenvalue weighted by Crippen LogP contribution is 2.45. The number of aromatic nitrogens is 1. The average Bonchev–Trinajstić information content (AvgIpc) is 3.05. The molecule has 0 aliphatic heterocycles. The fraction of sp³-hybridized carbons (Fsp3) is 0.357. The molecule has 0 saturated heterocycles. The molecular formula is C14H15NO. The van der Waals surface area contributed by atoms with Crippen LogP contribution in [0.15, 0.2) is 18.2 Å². The molecule has 1 fully saturated rings. The van der Waals surface area contributed by atoms with E-state index in [4.69, 9.17) is 0 Å². The third-order valence-electron chi connectivity index (χ3n) is 3.60. The van der Waals surface area contributed by atoms with E-state index in [-0.39, 0.29) is 0 Å². The van der Waals surface area contributed by atoms with Gasteiger partial charge in [0.25, 0.3) is 0 Å². The van der Waals surface area contributed by atoms with Crippen molar-refractivity contribution < 1.29 is 4.79 Å². The molecule has 2 aromatic rings. The van der Waals surface area contributed by atoms with Crippen molar-refractivity contribution in [2.75, 3.05) is 0 Å². The molecule has 1 aliphatic carbocycles. The summed E-state index contributed by atoms with van der Waals surface area (Å²) in [4.78, 5) is 11.2. The number of carbonyl (C=O) groups is 1. The molecule has 82 valence electrons. The number of nitrogens with zero attached hydrogens (tertiary/aromatic N) is 1. The number of aldehydes is 1. The second-order valence-electron chi connectivity index (χ2n) is 4.72. The summed E-state index contributed by atoms with van der Waals surface area (Å²) in [6, 6.07) is 6.33. The molecular weight excluding hydrogens is 198 g/mol. The molecule has 0 spiro atoms. The van der Waals surface area contributed by atoms with Gasteiger partial charge in [0.15, 0.2) is 6.29 Å².